The third kappa shape index (κ3) is 2.47. The van der Waals surface area contributed by atoms with Crippen LogP contribution in [-0.2, 0) is 4.79 Å². The van der Waals surface area contributed by atoms with Gasteiger partial charge in [0, 0.05) is 25.7 Å². The molecule has 0 spiro atoms. The van der Waals surface area contributed by atoms with Crippen molar-refractivity contribution in [2.24, 2.45) is 5.73 Å². The number of nitrogens with two attached hydrogens (primary N) is 1. The maximum Gasteiger partial charge on any atom is 0.241 e. The van der Waals surface area contributed by atoms with Gasteiger partial charge in [0.1, 0.15) is 11.9 Å². The molecule has 6 nitrogen and oxygen atoms in total. The SMILES string of the molecule is COc1cccc(N2CCNCC2C(N)=O)n1. The molecule has 0 radical (unpaired) electrons. The molecule has 1 atom stereocenters. The normalized spacial score (nSPS) is 20.1. The molecule has 0 aliphatic carbocycles. The lowest BCUT2D eigenvalue weighted by Gasteiger charge is -2.35. The summed E-state index contributed by atoms with van der Waals surface area (Å²) >= 11 is 0. The largest absolute Gasteiger partial charge is 0.481 e. The molecule has 17 heavy (non-hydrogen) atoms. The van der Waals surface area contributed by atoms with Gasteiger partial charge in [0.15, 0.2) is 0 Å². The van der Waals surface area contributed by atoms with Crippen molar-refractivity contribution in [3.05, 3.63) is 18.2 Å². The number of nitrogens with zero attached hydrogens (tertiary/aromatic N) is 2. The van der Waals surface area contributed by atoms with E-state index in [9.17, 15) is 4.79 Å². The van der Waals surface area contributed by atoms with E-state index in [-0.39, 0.29) is 11.9 Å². The van der Waals surface area contributed by atoms with Crippen LogP contribution in [0.2, 0.25) is 0 Å². The number of hydrogen-bond acceptors (Lipinski definition) is 5. The summed E-state index contributed by atoms with van der Waals surface area (Å²) < 4.78 is 5.07. The Labute approximate surface area is 99.8 Å². The average molecular weight is 236 g/mol. The monoisotopic (exact) mass is 236 g/mol. The van der Waals surface area contributed by atoms with Crippen LogP contribution in [0.3, 0.4) is 0 Å². The second-order valence-electron chi connectivity index (χ2n) is 3.85. The number of anilines is 1. The van der Waals surface area contributed by atoms with E-state index in [1.165, 1.54) is 0 Å². The fraction of sp³-hybridized carbons (Fsp3) is 0.455. The van der Waals surface area contributed by atoms with E-state index < -0.39 is 0 Å². The highest BCUT2D eigenvalue weighted by molar-refractivity contribution is 5.83. The van der Waals surface area contributed by atoms with Crippen LogP contribution in [0.5, 0.6) is 5.88 Å². The number of primary amides is 1. The van der Waals surface area contributed by atoms with Gasteiger partial charge >= 0.3 is 0 Å². The fourth-order valence-corrected chi connectivity index (χ4v) is 1.91. The van der Waals surface area contributed by atoms with Gasteiger partial charge in [-0.15, -0.1) is 0 Å². The number of carbonyl (C=O) groups excluding carboxylic acids is 1. The van der Waals surface area contributed by atoms with Crippen LogP contribution in [-0.4, -0.2) is 43.7 Å². The Hall–Kier alpha value is -1.82. The summed E-state index contributed by atoms with van der Waals surface area (Å²) in [5.41, 5.74) is 5.39. The summed E-state index contributed by atoms with van der Waals surface area (Å²) in [5, 5.41) is 3.14. The molecule has 3 N–H and O–H groups in total. The second-order valence-corrected chi connectivity index (χ2v) is 3.85. The Morgan fingerprint density at radius 2 is 2.47 bits per heavy atom. The van der Waals surface area contributed by atoms with E-state index in [0.29, 0.717) is 19.0 Å². The van der Waals surface area contributed by atoms with Crippen molar-refractivity contribution in [1.29, 1.82) is 0 Å². The van der Waals surface area contributed by atoms with E-state index in [1.807, 2.05) is 17.0 Å². The Morgan fingerprint density at radius 3 is 3.18 bits per heavy atom. The van der Waals surface area contributed by atoms with Crippen molar-refractivity contribution in [3.63, 3.8) is 0 Å². The molecule has 1 fully saturated rings. The summed E-state index contributed by atoms with van der Waals surface area (Å²) in [7, 11) is 1.56. The molecule has 1 unspecified atom stereocenters. The first-order chi connectivity index (χ1) is 8.22. The number of hydrogen-bond donors (Lipinski definition) is 2. The summed E-state index contributed by atoms with van der Waals surface area (Å²) in [5.74, 6) is 0.903. The minimum Gasteiger partial charge on any atom is -0.481 e. The number of aromatic nitrogens is 1. The predicted molar refractivity (Wildman–Crippen MR) is 64.0 cm³/mol. The highest BCUT2D eigenvalue weighted by Gasteiger charge is 2.27. The number of piperazine rings is 1. The summed E-state index contributed by atoms with van der Waals surface area (Å²) in [4.78, 5) is 17.6. The van der Waals surface area contributed by atoms with E-state index in [1.54, 1.807) is 13.2 Å². The smallest absolute Gasteiger partial charge is 0.241 e. The highest BCUT2D eigenvalue weighted by Crippen LogP contribution is 2.18. The summed E-state index contributed by atoms with van der Waals surface area (Å²) in [6, 6.07) is 5.11. The molecule has 1 aromatic heterocycles. The Bertz CT molecular complexity index is 410. The Kier molecular flexibility index (Phi) is 3.43. The van der Waals surface area contributed by atoms with Crippen LogP contribution >= 0.6 is 0 Å². The minimum atomic E-state index is -0.358. The maximum absolute atomic E-state index is 11.4. The van der Waals surface area contributed by atoms with Crippen molar-refractivity contribution in [3.8, 4) is 5.88 Å². The summed E-state index contributed by atoms with van der Waals surface area (Å²) in [6.07, 6.45) is 0. The van der Waals surface area contributed by atoms with Gasteiger partial charge in [-0.25, -0.2) is 0 Å². The van der Waals surface area contributed by atoms with Crippen molar-refractivity contribution in [1.82, 2.24) is 10.3 Å². The molecule has 0 aromatic carbocycles. The van der Waals surface area contributed by atoms with Gasteiger partial charge in [0.05, 0.1) is 7.11 Å². The maximum atomic E-state index is 11.4. The van der Waals surface area contributed by atoms with Crippen molar-refractivity contribution in [2.75, 3.05) is 31.6 Å². The number of methoxy groups -OCH3 is 1. The first-order valence-corrected chi connectivity index (χ1v) is 5.50. The number of nitrogens with one attached hydrogen (secondary N) is 1. The lowest BCUT2D eigenvalue weighted by molar-refractivity contribution is -0.119. The Balaban J connectivity index is 2.26. The third-order valence-corrected chi connectivity index (χ3v) is 2.78. The van der Waals surface area contributed by atoms with Gasteiger partial charge in [-0.05, 0) is 6.07 Å². The first kappa shape index (κ1) is 11.7. The van der Waals surface area contributed by atoms with E-state index in [2.05, 4.69) is 10.3 Å². The molecule has 1 amide bonds. The van der Waals surface area contributed by atoms with Gasteiger partial charge in [-0.2, -0.15) is 4.98 Å². The zero-order valence-electron chi connectivity index (χ0n) is 9.72. The van der Waals surface area contributed by atoms with Crippen LogP contribution in [0.15, 0.2) is 18.2 Å². The van der Waals surface area contributed by atoms with Gasteiger partial charge in [-0.3, -0.25) is 4.79 Å². The average Bonchev–Trinajstić information content (AvgIpc) is 2.39. The minimum absolute atomic E-state index is 0.346. The van der Waals surface area contributed by atoms with Crippen molar-refractivity contribution < 1.29 is 9.53 Å². The van der Waals surface area contributed by atoms with Crippen LogP contribution in [0.1, 0.15) is 0 Å². The molecule has 1 aliphatic rings. The predicted octanol–water partition coefficient (Wildman–Crippen LogP) is -0.646. The molecule has 0 saturated carbocycles. The van der Waals surface area contributed by atoms with E-state index in [4.69, 9.17) is 10.5 Å². The number of carbonyl (C=O) groups is 1. The summed E-state index contributed by atoms with van der Waals surface area (Å²) in [6.45, 7) is 2.06. The van der Waals surface area contributed by atoms with Gasteiger partial charge < -0.3 is 20.7 Å². The first-order valence-electron chi connectivity index (χ1n) is 5.50. The molecular formula is C11H16N4O2. The second kappa shape index (κ2) is 5.01. The molecule has 92 valence electrons. The number of rotatable bonds is 3. The fourth-order valence-electron chi connectivity index (χ4n) is 1.91. The van der Waals surface area contributed by atoms with Gasteiger partial charge in [-0.1, -0.05) is 6.07 Å². The standard InChI is InChI=1S/C11H16N4O2/c1-17-10-4-2-3-9(14-10)15-6-5-13-7-8(15)11(12)16/h2-4,8,13H,5-7H2,1H3,(H2,12,16). The molecule has 1 aliphatic heterocycles. The quantitative estimate of drug-likeness (QED) is 0.729. The van der Waals surface area contributed by atoms with Gasteiger partial charge in [0.25, 0.3) is 0 Å². The molecular weight excluding hydrogens is 220 g/mol. The van der Waals surface area contributed by atoms with E-state index >= 15 is 0 Å². The number of pyridine rings is 1. The molecule has 1 saturated heterocycles. The van der Waals surface area contributed by atoms with Gasteiger partial charge in [0.2, 0.25) is 11.8 Å². The topological polar surface area (TPSA) is 80.5 Å². The van der Waals surface area contributed by atoms with Crippen LogP contribution < -0.4 is 20.7 Å². The zero-order valence-corrected chi connectivity index (χ0v) is 9.72. The number of amides is 1. The molecule has 2 heterocycles. The molecule has 2 rings (SSSR count). The lowest BCUT2D eigenvalue weighted by atomic mass is 10.2. The highest BCUT2D eigenvalue weighted by atomic mass is 16.5. The third-order valence-electron chi connectivity index (χ3n) is 2.78. The lowest BCUT2D eigenvalue weighted by Crippen LogP contribution is -2.57. The van der Waals surface area contributed by atoms with Crippen LogP contribution in [0, 0.1) is 0 Å². The molecule has 6 heteroatoms. The Morgan fingerprint density at radius 1 is 1.65 bits per heavy atom. The van der Waals surface area contributed by atoms with Crippen LogP contribution in [0.25, 0.3) is 0 Å². The molecule has 1 aromatic rings. The van der Waals surface area contributed by atoms with E-state index in [0.717, 1.165) is 12.4 Å². The number of ether oxygens (including phenoxy) is 1. The molecule has 0 bridgehead atoms. The zero-order chi connectivity index (χ0) is 12.3. The van der Waals surface area contributed by atoms with Crippen molar-refractivity contribution in [2.45, 2.75) is 6.04 Å². The van der Waals surface area contributed by atoms with Crippen molar-refractivity contribution >= 4 is 11.7 Å². The van der Waals surface area contributed by atoms with Crippen LogP contribution in [0.4, 0.5) is 5.82 Å².